The smallest absolute Gasteiger partial charge is 0.150 e. The number of hydrogen-bond acceptors (Lipinski definition) is 4. The van der Waals surface area contributed by atoms with Gasteiger partial charge in [0.1, 0.15) is 0 Å². The molecule has 0 amide bonds. The zero-order valence-corrected chi connectivity index (χ0v) is 12.5. The van der Waals surface area contributed by atoms with Gasteiger partial charge in [-0.05, 0) is 38.1 Å². The third kappa shape index (κ3) is 3.96. The molecule has 0 spiro atoms. The first-order chi connectivity index (χ1) is 9.53. The number of allylic oxidation sites excluding steroid dienone is 4. The van der Waals surface area contributed by atoms with Gasteiger partial charge in [-0.2, -0.15) is 0 Å². The van der Waals surface area contributed by atoms with Crippen LogP contribution in [0.4, 0.5) is 5.69 Å². The Morgan fingerprint density at radius 1 is 1.45 bits per heavy atom. The molecule has 1 aromatic rings. The topological polar surface area (TPSA) is 66.9 Å². The molecular formula is C16H18N2OS. The van der Waals surface area contributed by atoms with Gasteiger partial charge in [0.25, 0.3) is 0 Å². The van der Waals surface area contributed by atoms with Gasteiger partial charge in [-0.1, -0.05) is 30.5 Å². The van der Waals surface area contributed by atoms with Crippen molar-refractivity contribution < 1.29 is 4.79 Å². The SMILES string of the molecule is C=C/C=C(Sc1ccc(C(C)=N)c(N)c1)\C(C=O)=C/C. The Morgan fingerprint density at radius 3 is 2.60 bits per heavy atom. The maximum Gasteiger partial charge on any atom is 0.150 e. The highest BCUT2D eigenvalue weighted by Crippen LogP contribution is 2.33. The van der Waals surface area contributed by atoms with Crippen molar-refractivity contribution in [2.75, 3.05) is 5.73 Å². The van der Waals surface area contributed by atoms with Crippen LogP contribution >= 0.6 is 11.8 Å². The lowest BCUT2D eigenvalue weighted by Gasteiger charge is -2.09. The summed E-state index contributed by atoms with van der Waals surface area (Å²) in [5.41, 5.74) is 8.27. The number of anilines is 1. The molecule has 0 fully saturated rings. The molecule has 20 heavy (non-hydrogen) atoms. The van der Waals surface area contributed by atoms with Gasteiger partial charge in [-0.25, -0.2) is 0 Å². The molecule has 3 nitrogen and oxygen atoms in total. The molecule has 0 radical (unpaired) electrons. The van der Waals surface area contributed by atoms with Crippen LogP contribution in [-0.2, 0) is 4.79 Å². The Hall–Kier alpha value is -2.07. The summed E-state index contributed by atoms with van der Waals surface area (Å²) in [7, 11) is 0. The van der Waals surface area contributed by atoms with E-state index >= 15 is 0 Å². The van der Waals surface area contributed by atoms with Crippen LogP contribution in [0.1, 0.15) is 19.4 Å². The summed E-state index contributed by atoms with van der Waals surface area (Å²) in [5.74, 6) is 0. The Labute approximate surface area is 123 Å². The van der Waals surface area contributed by atoms with Crippen LogP contribution in [0, 0.1) is 5.41 Å². The van der Waals surface area contributed by atoms with Crippen LogP contribution in [0.2, 0.25) is 0 Å². The van der Waals surface area contributed by atoms with E-state index in [1.807, 2.05) is 25.1 Å². The number of rotatable bonds is 6. The summed E-state index contributed by atoms with van der Waals surface area (Å²) in [5, 5.41) is 7.62. The first kappa shape index (κ1) is 16.0. The second-order valence-electron chi connectivity index (χ2n) is 4.10. The maximum absolute atomic E-state index is 11.0. The summed E-state index contributed by atoms with van der Waals surface area (Å²) in [6.45, 7) is 7.18. The number of thioether (sulfide) groups is 1. The van der Waals surface area contributed by atoms with Gasteiger partial charge in [0.15, 0.2) is 6.29 Å². The molecular weight excluding hydrogens is 268 g/mol. The molecule has 0 atom stereocenters. The van der Waals surface area contributed by atoms with E-state index in [2.05, 4.69) is 6.58 Å². The fraction of sp³-hybridized carbons (Fsp3) is 0.125. The van der Waals surface area contributed by atoms with Crippen LogP contribution in [0.5, 0.6) is 0 Å². The largest absolute Gasteiger partial charge is 0.398 e. The molecule has 1 rings (SSSR count). The Morgan fingerprint density at radius 2 is 2.15 bits per heavy atom. The fourth-order valence-corrected chi connectivity index (χ4v) is 2.66. The first-order valence-corrected chi connectivity index (χ1v) is 6.92. The lowest BCUT2D eigenvalue weighted by atomic mass is 10.1. The number of carbonyl (C=O) groups excluding carboxylic acids is 1. The maximum atomic E-state index is 11.0. The second-order valence-corrected chi connectivity index (χ2v) is 5.22. The highest BCUT2D eigenvalue weighted by atomic mass is 32.2. The summed E-state index contributed by atoms with van der Waals surface area (Å²) in [4.78, 5) is 12.8. The third-order valence-electron chi connectivity index (χ3n) is 2.65. The van der Waals surface area contributed by atoms with Gasteiger partial charge in [0, 0.05) is 32.3 Å². The van der Waals surface area contributed by atoms with E-state index in [-0.39, 0.29) is 0 Å². The number of benzene rings is 1. The zero-order valence-electron chi connectivity index (χ0n) is 11.6. The Balaban J connectivity index is 3.10. The minimum atomic E-state index is 0.433. The average Bonchev–Trinajstić information content (AvgIpc) is 2.40. The molecule has 0 aliphatic heterocycles. The van der Waals surface area contributed by atoms with Crippen LogP contribution in [0.25, 0.3) is 0 Å². The molecule has 0 bridgehead atoms. The lowest BCUT2D eigenvalue weighted by Crippen LogP contribution is -1.99. The van der Waals surface area contributed by atoms with Crippen LogP contribution in [0.3, 0.4) is 0 Å². The molecule has 1 aromatic carbocycles. The number of aldehydes is 1. The van der Waals surface area contributed by atoms with Crippen LogP contribution in [-0.4, -0.2) is 12.0 Å². The minimum Gasteiger partial charge on any atom is -0.398 e. The summed E-state index contributed by atoms with van der Waals surface area (Å²) >= 11 is 1.44. The van der Waals surface area contributed by atoms with Crippen molar-refractivity contribution in [1.82, 2.24) is 0 Å². The molecule has 0 saturated heterocycles. The van der Waals surface area contributed by atoms with E-state index < -0.39 is 0 Å². The summed E-state index contributed by atoms with van der Waals surface area (Å²) in [6.07, 6.45) is 6.02. The molecule has 4 heteroatoms. The lowest BCUT2D eigenvalue weighted by molar-refractivity contribution is -0.104. The van der Waals surface area contributed by atoms with Gasteiger partial charge >= 0.3 is 0 Å². The van der Waals surface area contributed by atoms with E-state index in [0.29, 0.717) is 17.0 Å². The molecule has 0 unspecified atom stereocenters. The quantitative estimate of drug-likeness (QED) is 0.208. The first-order valence-electron chi connectivity index (χ1n) is 6.11. The van der Waals surface area contributed by atoms with Crippen molar-refractivity contribution in [2.45, 2.75) is 18.7 Å². The molecule has 0 aliphatic carbocycles. The zero-order chi connectivity index (χ0) is 15.1. The average molecular weight is 286 g/mol. The standard InChI is InChI=1S/C16H18N2OS/c1-4-6-16(12(5-2)10-19)20-13-7-8-14(11(3)17)15(18)9-13/h4-10,17H,1,18H2,2-3H3/b12-5-,16-6+,17-11?. The molecule has 0 saturated carbocycles. The highest BCUT2D eigenvalue weighted by molar-refractivity contribution is 8.03. The van der Waals surface area contributed by atoms with Gasteiger partial charge in [0.05, 0.1) is 0 Å². The van der Waals surface area contributed by atoms with Crippen molar-refractivity contribution >= 4 is 29.4 Å². The van der Waals surface area contributed by atoms with E-state index in [1.54, 1.807) is 25.2 Å². The van der Waals surface area contributed by atoms with Gasteiger partial charge in [-0.3, -0.25) is 4.79 Å². The normalized spacial score (nSPS) is 12.1. The third-order valence-corrected chi connectivity index (χ3v) is 3.73. The predicted octanol–water partition coefficient (Wildman–Crippen LogP) is 3.96. The van der Waals surface area contributed by atoms with Crippen molar-refractivity contribution in [1.29, 1.82) is 5.41 Å². The molecule has 0 aromatic heterocycles. The van der Waals surface area contributed by atoms with Gasteiger partial charge in [0.2, 0.25) is 0 Å². The van der Waals surface area contributed by atoms with Crippen molar-refractivity contribution in [2.24, 2.45) is 0 Å². The van der Waals surface area contributed by atoms with Gasteiger partial charge < -0.3 is 11.1 Å². The summed E-state index contributed by atoms with van der Waals surface area (Å²) < 4.78 is 0. The molecule has 0 aliphatic rings. The fourth-order valence-electron chi connectivity index (χ4n) is 1.64. The van der Waals surface area contributed by atoms with Crippen LogP contribution < -0.4 is 5.73 Å². The molecule has 104 valence electrons. The van der Waals surface area contributed by atoms with E-state index in [4.69, 9.17) is 11.1 Å². The van der Waals surface area contributed by atoms with Crippen molar-refractivity contribution in [3.8, 4) is 0 Å². The van der Waals surface area contributed by atoms with Crippen molar-refractivity contribution in [3.63, 3.8) is 0 Å². The molecule has 3 N–H and O–H groups in total. The number of carbonyl (C=O) groups is 1. The Kier molecular flexibility index (Phi) is 6.00. The van der Waals surface area contributed by atoms with Gasteiger partial charge in [-0.15, -0.1) is 0 Å². The number of nitrogen functional groups attached to an aromatic ring is 1. The molecule has 0 heterocycles. The minimum absolute atomic E-state index is 0.433. The van der Waals surface area contributed by atoms with E-state index in [9.17, 15) is 4.79 Å². The number of nitrogens with two attached hydrogens (primary N) is 1. The number of hydrogen-bond donors (Lipinski definition) is 2. The monoisotopic (exact) mass is 286 g/mol. The van der Waals surface area contributed by atoms with E-state index in [0.717, 1.165) is 21.7 Å². The highest BCUT2D eigenvalue weighted by Gasteiger charge is 2.08. The van der Waals surface area contributed by atoms with Crippen molar-refractivity contribution in [3.05, 3.63) is 59.0 Å². The van der Waals surface area contributed by atoms with Crippen LogP contribution in [0.15, 0.2) is 58.4 Å². The predicted molar refractivity (Wildman–Crippen MR) is 87.3 cm³/mol. The Bertz CT molecular complexity index is 600. The summed E-state index contributed by atoms with van der Waals surface area (Å²) in [6, 6.07) is 5.53. The van der Waals surface area contributed by atoms with E-state index in [1.165, 1.54) is 11.8 Å². The number of nitrogens with one attached hydrogen (secondary N) is 1. The second kappa shape index (κ2) is 7.50.